The van der Waals surface area contributed by atoms with Crippen molar-refractivity contribution in [3.05, 3.63) is 60.0 Å². The summed E-state index contributed by atoms with van der Waals surface area (Å²) in [6.07, 6.45) is 2.70. The van der Waals surface area contributed by atoms with Gasteiger partial charge in [-0.3, -0.25) is 4.79 Å². The van der Waals surface area contributed by atoms with E-state index in [9.17, 15) is 4.79 Å². The smallest absolute Gasteiger partial charge is 0.233 e. The zero-order chi connectivity index (χ0) is 14.9. The topological polar surface area (TPSA) is 59.5 Å². The molecule has 0 saturated heterocycles. The summed E-state index contributed by atoms with van der Waals surface area (Å²) >= 11 is 0. The van der Waals surface area contributed by atoms with Crippen molar-refractivity contribution in [3.8, 4) is 11.5 Å². The van der Waals surface area contributed by atoms with E-state index in [0.29, 0.717) is 17.2 Å². The number of hydrogen-bond acceptors (Lipinski definition) is 4. The van der Waals surface area contributed by atoms with E-state index in [-0.39, 0.29) is 12.3 Å². The molecule has 1 aliphatic heterocycles. The predicted octanol–water partition coefficient (Wildman–Crippen LogP) is 3.07. The van der Waals surface area contributed by atoms with Crippen LogP contribution in [0.3, 0.4) is 0 Å². The SMILES string of the molecule is O=C(Cc1cc(-c2ccco2)on1)N1CCc2ccccc21. The number of benzene rings is 1. The lowest BCUT2D eigenvalue weighted by atomic mass is 10.2. The van der Waals surface area contributed by atoms with Crippen molar-refractivity contribution in [3.63, 3.8) is 0 Å². The van der Waals surface area contributed by atoms with Crippen LogP contribution in [0, 0.1) is 0 Å². The third kappa shape index (κ3) is 2.20. The Kier molecular flexibility index (Phi) is 3.04. The molecule has 5 nitrogen and oxygen atoms in total. The third-order valence-corrected chi connectivity index (χ3v) is 3.84. The van der Waals surface area contributed by atoms with Crippen molar-refractivity contribution in [1.29, 1.82) is 0 Å². The molecule has 0 aliphatic carbocycles. The van der Waals surface area contributed by atoms with Gasteiger partial charge in [0.1, 0.15) is 0 Å². The van der Waals surface area contributed by atoms with Gasteiger partial charge in [-0.15, -0.1) is 0 Å². The van der Waals surface area contributed by atoms with Crippen LogP contribution in [-0.4, -0.2) is 17.6 Å². The van der Waals surface area contributed by atoms with Gasteiger partial charge < -0.3 is 13.8 Å². The number of para-hydroxylation sites is 1. The van der Waals surface area contributed by atoms with E-state index >= 15 is 0 Å². The summed E-state index contributed by atoms with van der Waals surface area (Å²) in [7, 11) is 0. The van der Waals surface area contributed by atoms with Crippen molar-refractivity contribution in [1.82, 2.24) is 5.16 Å². The zero-order valence-corrected chi connectivity index (χ0v) is 11.9. The van der Waals surface area contributed by atoms with Crippen LogP contribution in [0.15, 0.2) is 57.7 Å². The number of hydrogen-bond donors (Lipinski definition) is 0. The summed E-state index contributed by atoms with van der Waals surface area (Å²) in [5.41, 5.74) is 2.83. The van der Waals surface area contributed by atoms with Crippen LogP contribution in [0.5, 0.6) is 0 Å². The Morgan fingerprint density at radius 2 is 2.09 bits per heavy atom. The van der Waals surface area contributed by atoms with Gasteiger partial charge in [0.05, 0.1) is 18.4 Å². The number of aromatic nitrogens is 1. The van der Waals surface area contributed by atoms with Crippen LogP contribution in [0.1, 0.15) is 11.3 Å². The third-order valence-electron chi connectivity index (χ3n) is 3.84. The molecule has 2 aromatic heterocycles. The van der Waals surface area contributed by atoms with Crippen LogP contribution in [0.2, 0.25) is 0 Å². The van der Waals surface area contributed by atoms with Gasteiger partial charge in [-0.25, -0.2) is 0 Å². The molecular formula is C17H14N2O3. The molecule has 0 radical (unpaired) electrons. The summed E-state index contributed by atoms with van der Waals surface area (Å²) in [5.74, 6) is 1.18. The second-order valence-electron chi connectivity index (χ2n) is 5.26. The molecular weight excluding hydrogens is 280 g/mol. The maximum Gasteiger partial charge on any atom is 0.233 e. The summed E-state index contributed by atoms with van der Waals surface area (Å²) in [5, 5.41) is 3.96. The zero-order valence-electron chi connectivity index (χ0n) is 11.9. The lowest BCUT2D eigenvalue weighted by Crippen LogP contribution is -2.30. The molecule has 1 amide bonds. The lowest BCUT2D eigenvalue weighted by Gasteiger charge is -2.16. The summed E-state index contributed by atoms with van der Waals surface area (Å²) in [6.45, 7) is 0.723. The number of fused-ring (bicyclic) bond motifs is 1. The average molecular weight is 294 g/mol. The molecule has 0 spiro atoms. The molecule has 0 bridgehead atoms. The Morgan fingerprint density at radius 1 is 1.18 bits per heavy atom. The first-order valence-electron chi connectivity index (χ1n) is 7.19. The van der Waals surface area contributed by atoms with Crippen molar-refractivity contribution in [2.24, 2.45) is 0 Å². The minimum Gasteiger partial charge on any atom is -0.461 e. The number of nitrogens with zero attached hydrogens (tertiary/aromatic N) is 2. The number of furan rings is 1. The number of amides is 1. The average Bonchev–Trinajstić information content (AvgIpc) is 3.27. The van der Waals surface area contributed by atoms with Gasteiger partial charge in [-0.1, -0.05) is 23.4 Å². The van der Waals surface area contributed by atoms with Gasteiger partial charge in [-0.05, 0) is 30.2 Å². The minimum absolute atomic E-state index is 0.0317. The first kappa shape index (κ1) is 12.9. The Morgan fingerprint density at radius 3 is 2.95 bits per heavy atom. The fraction of sp³-hybridized carbons (Fsp3) is 0.176. The number of rotatable bonds is 3. The van der Waals surface area contributed by atoms with Gasteiger partial charge in [0.15, 0.2) is 5.76 Å². The largest absolute Gasteiger partial charge is 0.461 e. The lowest BCUT2D eigenvalue weighted by molar-refractivity contribution is -0.118. The first-order chi connectivity index (χ1) is 10.8. The molecule has 0 unspecified atom stereocenters. The highest BCUT2D eigenvalue weighted by molar-refractivity contribution is 5.96. The van der Waals surface area contributed by atoms with E-state index in [1.54, 1.807) is 24.5 Å². The first-order valence-corrected chi connectivity index (χ1v) is 7.19. The van der Waals surface area contributed by atoms with Crippen molar-refractivity contribution in [2.75, 3.05) is 11.4 Å². The molecule has 4 rings (SSSR count). The van der Waals surface area contributed by atoms with Gasteiger partial charge in [0.2, 0.25) is 11.7 Å². The fourth-order valence-electron chi connectivity index (χ4n) is 2.78. The molecule has 0 saturated carbocycles. The molecule has 0 N–H and O–H groups in total. The van der Waals surface area contributed by atoms with E-state index in [1.807, 2.05) is 23.1 Å². The molecule has 3 aromatic rings. The summed E-state index contributed by atoms with van der Waals surface area (Å²) < 4.78 is 10.5. The quantitative estimate of drug-likeness (QED) is 0.745. The van der Waals surface area contributed by atoms with Crippen molar-refractivity contribution >= 4 is 11.6 Å². The highest BCUT2D eigenvalue weighted by atomic mass is 16.5. The summed E-state index contributed by atoms with van der Waals surface area (Å²) in [4.78, 5) is 14.3. The van der Waals surface area contributed by atoms with Crippen LogP contribution in [0.25, 0.3) is 11.5 Å². The standard InChI is InChI=1S/C17H14N2O3/c20-17(19-8-7-12-4-1-2-5-14(12)19)11-13-10-16(22-18-13)15-6-3-9-21-15/h1-6,9-10H,7-8,11H2. The minimum atomic E-state index is 0.0317. The Labute approximate surface area is 127 Å². The van der Waals surface area contributed by atoms with E-state index < -0.39 is 0 Å². The highest BCUT2D eigenvalue weighted by Gasteiger charge is 2.25. The highest BCUT2D eigenvalue weighted by Crippen LogP contribution is 2.28. The monoisotopic (exact) mass is 294 g/mol. The van der Waals surface area contributed by atoms with E-state index in [4.69, 9.17) is 8.94 Å². The molecule has 1 aliphatic rings. The van der Waals surface area contributed by atoms with Gasteiger partial charge >= 0.3 is 0 Å². The van der Waals surface area contributed by atoms with Crippen molar-refractivity contribution in [2.45, 2.75) is 12.8 Å². The Balaban J connectivity index is 1.51. The summed E-state index contributed by atoms with van der Waals surface area (Å²) in [6, 6.07) is 13.3. The van der Waals surface area contributed by atoms with Crippen molar-refractivity contribution < 1.29 is 13.7 Å². The van der Waals surface area contributed by atoms with Gasteiger partial charge in [0.25, 0.3) is 0 Å². The molecule has 0 fully saturated rings. The Hall–Kier alpha value is -2.82. The van der Waals surface area contributed by atoms with Crippen LogP contribution < -0.4 is 4.90 Å². The van der Waals surface area contributed by atoms with Crippen LogP contribution in [0.4, 0.5) is 5.69 Å². The number of anilines is 1. The van der Waals surface area contributed by atoms with Gasteiger partial charge in [0, 0.05) is 18.3 Å². The molecule has 110 valence electrons. The molecule has 1 aromatic carbocycles. The van der Waals surface area contributed by atoms with E-state index in [2.05, 4.69) is 11.2 Å². The van der Waals surface area contributed by atoms with Gasteiger partial charge in [-0.2, -0.15) is 0 Å². The second-order valence-corrected chi connectivity index (χ2v) is 5.26. The van der Waals surface area contributed by atoms with Crippen LogP contribution >= 0.6 is 0 Å². The molecule has 22 heavy (non-hydrogen) atoms. The van der Waals surface area contributed by atoms with E-state index in [1.165, 1.54) is 5.56 Å². The van der Waals surface area contributed by atoms with E-state index in [0.717, 1.165) is 18.7 Å². The maximum atomic E-state index is 12.5. The fourth-order valence-corrected chi connectivity index (χ4v) is 2.78. The number of carbonyl (C=O) groups is 1. The maximum absolute atomic E-state index is 12.5. The predicted molar refractivity (Wildman–Crippen MR) is 80.4 cm³/mol. The molecule has 5 heteroatoms. The normalized spacial score (nSPS) is 13.4. The molecule has 0 atom stereocenters. The second kappa shape index (κ2) is 5.18. The van der Waals surface area contributed by atoms with Crippen LogP contribution in [-0.2, 0) is 17.6 Å². The molecule has 3 heterocycles. The Bertz CT molecular complexity index is 805. The number of carbonyl (C=O) groups excluding carboxylic acids is 1.